The first-order valence-corrected chi connectivity index (χ1v) is 10.9. The Morgan fingerprint density at radius 2 is 1.62 bits per heavy atom. The zero-order valence-corrected chi connectivity index (χ0v) is 10.8. The molecule has 76 valence electrons. The van der Waals surface area contributed by atoms with Gasteiger partial charge in [0.05, 0.1) is 5.92 Å². The van der Waals surface area contributed by atoms with Gasteiger partial charge in [0, 0.05) is 0 Å². The fraction of sp³-hybridized carbons (Fsp3) is 0.875. The fourth-order valence-corrected chi connectivity index (χ4v) is 12.2. The Morgan fingerprint density at radius 1 is 1.23 bits per heavy atom. The molecule has 0 spiro atoms. The summed E-state index contributed by atoms with van der Waals surface area (Å²) in [7, 11) is -3.34. The van der Waals surface area contributed by atoms with E-state index < -0.39 is 22.6 Å². The minimum absolute atomic E-state index is 0.142. The van der Waals surface area contributed by atoms with Gasteiger partial charge in [-0.2, -0.15) is 0 Å². The average molecular weight is 218 g/mol. The van der Waals surface area contributed by atoms with Crippen molar-refractivity contribution in [2.24, 2.45) is 5.92 Å². The van der Waals surface area contributed by atoms with Crippen molar-refractivity contribution in [2.75, 3.05) is 0 Å². The Bertz CT molecular complexity index is 209. The Kier molecular flexibility index (Phi) is 2.71. The zero-order chi connectivity index (χ0) is 10.3. The third-order valence-electron chi connectivity index (χ3n) is 2.38. The smallest absolute Gasteiger partial charge is 0.306 e. The van der Waals surface area contributed by atoms with Gasteiger partial charge in [-0.15, -0.1) is 0 Å². The van der Waals surface area contributed by atoms with Crippen LogP contribution in [0.5, 0.6) is 0 Å². The van der Waals surface area contributed by atoms with Crippen LogP contribution in [0.3, 0.4) is 0 Å². The van der Waals surface area contributed by atoms with Crippen molar-refractivity contribution in [1.82, 2.24) is 0 Å². The molecule has 1 saturated heterocycles. The molecule has 5 heteroatoms. The lowest BCUT2D eigenvalue weighted by atomic mass is 10.2. The molecule has 0 aromatic heterocycles. The topological polar surface area (TPSA) is 46.5 Å². The van der Waals surface area contributed by atoms with Gasteiger partial charge in [0.2, 0.25) is 0 Å². The van der Waals surface area contributed by atoms with Gasteiger partial charge >= 0.3 is 5.97 Å². The van der Waals surface area contributed by atoms with Crippen molar-refractivity contribution < 1.29 is 14.0 Å². The third-order valence-corrected chi connectivity index (χ3v) is 9.75. The van der Waals surface area contributed by atoms with Gasteiger partial charge in [0.25, 0.3) is 0 Å². The second kappa shape index (κ2) is 3.22. The van der Waals surface area contributed by atoms with Gasteiger partial charge in [0.15, 0.2) is 16.6 Å². The molecule has 1 heterocycles. The van der Waals surface area contributed by atoms with E-state index in [1.54, 1.807) is 0 Å². The Hall–Kier alpha value is -0.136. The molecule has 3 nitrogen and oxygen atoms in total. The van der Waals surface area contributed by atoms with Crippen LogP contribution in [0.2, 0.25) is 38.3 Å². The van der Waals surface area contributed by atoms with E-state index in [2.05, 4.69) is 26.2 Å². The van der Waals surface area contributed by atoms with Crippen LogP contribution in [0.15, 0.2) is 0 Å². The maximum Gasteiger partial charge on any atom is 0.306 e. The van der Waals surface area contributed by atoms with Crippen molar-refractivity contribution in [3.63, 3.8) is 0 Å². The molecular formula is C8H18O3Si2. The maximum atomic E-state index is 10.9. The molecule has 0 atom stereocenters. The summed E-state index contributed by atoms with van der Waals surface area (Å²) in [5.41, 5.74) is 0. The molecule has 1 rings (SSSR count). The van der Waals surface area contributed by atoms with E-state index in [1.165, 1.54) is 0 Å². The van der Waals surface area contributed by atoms with E-state index >= 15 is 0 Å². The largest absolute Gasteiger partial charge is 0.481 e. The summed E-state index contributed by atoms with van der Waals surface area (Å²) in [6.45, 7) is 8.49. The Balaban J connectivity index is 2.78. The molecule has 0 aromatic rings. The van der Waals surface area contributed by atoms with Crippen LogP contribution >= 0.6 is 0 Å². The zero-order valence-electron chi connectivity index (χ0n) is 8.76. The SMILES string of the molecule is C[Si]1(C)CC(C(=O)O)C[Si](C)(C)O1. The van der Waals surface area contributed by atoms with Gasteiger partial charge < -0.3 is 9.22 Å². The molecule has 13 heavy (non-hydrogen) atoms. The lowest BCUT2D eigenvalue weighted by Gasteiger charge is -2.41. The fourth-order valence-electron chi connectivity index (χ4n) is 2.26. The second-order valence-electron chi connectivity index (χ2n) is 5.06. The summed E-state index contributed by atoms with van der Waals surface area (Å²) in [4.78, 5) is 10.9. The summed E-state index contributed by atoms with van der Waals surface area (Å²) in [6.07, 6.45) is 0. The molecule has 1 N–H and O–H groups in total. The van der Waals surface area contributed by atoms with Crippen molar-refractivity contribution in [3.05, 3.63) is 0 Å². The van der Waals surface area contributed by atoms with E-state index in [-0.39, 0.29) is 5.92 Å². The third kappa shape index (κ3) is 2.93. The van der Waals surface area contributed by atoms with Crippen LogP contribution in [-0.2, 0) is 8.91 Å². The number of rotatable bonds is 1. The summed E-state index contributed by atoms with van der Waals surface area (Å²) in [5.74, 6) is -0.776. The summed E-state index contributed by atoms with van der Waals surface area (Å²) < 4.78 is 6.06. The molecule has 1 fully saturated rings. The number of aliphatic carboxylic acids is 1. The number of carbonyl (C=O) groups is 1. The molecule has 1 aliphatic rings. The van der Waals surface area contributed by atoms with Gasteiger partial charge in [-0.05, 0) is 38.3 Å². The molecule has 0 saturated carbocycles. The first kappa shape index (κ1) is 10.9. The summed E-state index contributed by atoms with van der Waals surface area (Å²) in [6, 6.07) is 1.55. The van der Waals surface area contributed by atoms with Crippen LogP contribution in [0.25, 0.3) is 0 Å². The van der Waals surface area contributed by atoms with Gasteiger partial charge in [-0.3, -0.25) is 4.79 Å². The van der Waals surface area contributed by atoms with Gasteiger partial charge in [0.1, 0.15) is 0 Å². The lowest BCUT2D eigenvalue weighted by Crippen LogP contribution is -2.52. The monoisotopic (exact) mass is 218 g/mol. The van der Waals surface area contributed by atoms with E-state index in [9.17, 15) is 4.79 Å². The maximum absolute atomic E-state index is 10.9. The highest BCUT2D eigenvalue weighted by molar-refractivity contribution is 6.86. The molecule has 0 aromatic carbocycles. The number of hydrogen-bond donors (Lipinski definition) is 1. The summed E-state index contributed by atoms with van der Waals surface area (Å²) in [5, 5.41) is 8.99. The second-order valence-corrected chi connectivity index (χ2v) is 13.7. The first-order chi connectivity index (χ1) is 5.72. The van der Waals surface area contributed by atoms with Gasteiger partial charge in [-0.1, -0.05) is 0 Å². The van der Waals surface area contributed by atoms with E-state index in [1.807, 2.05) is 0 Å². The van der Waals surface area contributed by atoms with Crippen molar-refractivity contribution in [2.45, 2.75) is 38.3 Å². The van der Waals surface area contributed by atoms with Crippen LogP contribution in [0.4, 0.5) is 0 Å². The number of carboxylic acids is 1. The number of carboxylic acid groups (broad SMARTS) is 1. The molecule has 0 aliphatic carbocycles. The minimum Gasteiger partial charge on any atom is -0.481 e. The molecule has 0 amide bonds. The highest BCUT2D eigenvalue weighted by atomic mass is 28.4. The first-order valence-electron chi connectivity index (χ1n) is 4.65. The molecule has 0 radical (unpaired) electrons. The molecule has 1 aliphatic heterocycles. The number of hydrogen-bond acceptors (Lipinski definition) is 2. The van der Waals surface area contributed by atoms with Crippen LogP contribution < -0.4 is 0 Å². The Labute approximate surface area is 81.4 Å². The minimum atomic E-state index is -1.67. The van der Waals surface area contributed by atoms with E-state index in [0.717, 1.165) is 12.1 Å². The summed E-state index contributed by atoms with van der Waals surface area (Å²) >= 11 is 0. The quantitative estimate of drug-likeness (QED) is 0.686. The van der Waals surface area contributed by atoms with Crippen LogP contribution in [0, 0.1) is 5.92 Å². The normalized spacial score (nSPS) is 27.1. The lowest BCUT2D eigenvalue weighted by molar-refractivity contribution is -0.140. The predicted molar refractivity (Wildman–Crippen MR) is 56.8 cm³/mol. The van der Waals surface area contributed by atoms with Crippen molar-refractivity contribution in [1.29, 1.82) is 0 Å². The predicted octanol–water partition coefficient (Wildman–Crippen LogP) is 2.13. The average Bonchev–Trinajstić information content (AvgIpc) is 1.79. The highest BCUT2D eigenvalue weighted by Gasteiger charge is 2.44. The Morgan fingerprint density at radius 3 is 1.92 bits per heavy atom. The standard InChI is InChI=1S/C8H18O3Si2/c1-12(2)5-7(8(9)10)6-13(3,4)11-12/h7H,5-6H2,1-4H3,(H,9,10). The van der Waals surface area contributed by atoms with Crippen molar-refractivity contribution >= 4 is 22.6 Å². The van der Waals surface area contributed by atoms with E-state index in [4.69, 9.17) is 9.22 Å². The van der Waals surface area contributed by atoms with Crippen LogP contribution in [0.1, 0.15) is 0 Å². The highest BCUT2D eigenvalue weighted by Crippen LogP contribution is 2.35. The van der Waals surface area contributed by atoms with Crippen molar-refractivity contribution in [3.8, 4) is 0 Å². The molecular weight excluding hydrogens is 200 g/mol. The van der Waals surface area contributed by atoms with Crippen LogP contribution in [-0.4, -0.2) is 27.7 Å². The van der Waals surface area contributed by atoms with Gasteiger partial charge in [-0.25, -0.2) is 0 Å². The molecule has 0 unspecified atom stereocenters. The van der Waals surface area contributed by atoms with E-state index in [0.29, 0.717) is 0 Å². The molecule has 0 bridgehead atoms.